The third kappa shape index (κ3) is 26.2. The van der Waals surface area contributed by atoms with Crippen molar-refractivity contribution in [3.63, 3.8) is 0 Å². The van der Waals surface area contributed by atoms with Gasteiger partial charge < -0.3 is 25.2 Å². The van der Waals surface area contributed by atoms with E-state index in [9.17, 15) is 23.5 Å². The Balaban J connectivity index is -0.000000352. The number of aliphatic carboxylic acids is 2. The number of aryl methyl sites for hydroxylation is 4. The molecule has 0 heterocycles. The predicted molar refractivity (Wildman–Crippen MR) is 180 cm³/mol. The van der Waals surface area contributed by atoms with Gasteiger partial charge in [0.1, 0.15) is 11.6 Å². The molecule has 0 amide bonds. The number of carboxylic acids is 2. The standard InChI is InChI=1S/2C18H27FO2.CH2O3.CH4.2Na/c2*1-3-5-7-9-14-11-15(10-8-6-4-2)18(19)16(12-14)13-17(20)21;2-1-4-3;;;/h2*11-12H,3-10,13H2,1-2H3,(H,20,21);1,3H;1H4;;/q;;;;2*+1/p-2. The molecule has 11 heteroatoms. The van der Waals surface area contributed by atoms with Crippen LogP contribution in [0, 0.1) is 11.6 Å². The van der Waals surface area contributed by atoms with Crippen LogP contribution >= 0.6 is 0 Å². The van der Waals surface area contributed by atoms with Crippen molar-refractivity contribution in [3.05, 3.63) is 69.3 Å². The van der Waals surface area contributed by atoms with Gasteiger partial charge in [-0.05, 0) is 84.7 Å². The molecule has 2 aromatic carbocycles. The first-order valence-corrected chi connectivity index (χ1v) is 16.8. The summed E-state index contributed by atoms with van der Waals surface area (Å²) >= 11 is 0. The molecule has 1 N–H and O–H groups in total. The first kappa shape index (κ1) is 54.4. The fourth-order valence-corrected chi connectivity index (χ4v) is 5.16. The summed E-state index contributed by atoms with van der Waals surface area (Å²) in [6.07, 6.45) is 15.5. The second-order valence-electron chi connectivity index (χ2n) is 11.6. The van der Waals surface area contributed by atoms with Crippen molar-refractivity contribution in [2.75, 3.05) is 0 Å². The van der Waals surface area contributed by atoms with E-state index in [1.54, 1.807) is 12.1 Å². The molecule has 0 spiro atoms. The van der Waals surface area contributed by atoms with E-state index in [2.05, 4.69) is 32.6 Å². The van der Waals surface area contributed by atoms with Crippen molar-refractivity contribution in [1.82, 2.24) is 0 Å². The number of benzene rings is 2. The van der Waals surface area contributed by atoms with Crippen molar-refractivity contribution in [1.29, 1.82) is 0 Å². The summed E-state index contributed by atoms with van der Waals surface area (Å²) in [6, 6.07) is 7.29. The fourth-order valence-electron chi connectivity index (χ4n) is 5.16. The Morgan fingerprint density at radius 2 is 0.959 bits per heavy atom. The molecule has 0 radical (unpaired) electrons. The molecule has 49 heavy (non-hydrogen) atoms. The molecule has 2 aromatic rings. The molecule has 268 valence electrons. The number of hydrogen-bond acceptors (Lipinski definition) is 6. The fraction of sp³-hybridized carbons (Fsp3) is 0.605. The van der Waals surface area contributed by atoms with E-state index in [1.165, 1.54) is 0 Å². The van der Waals surface area contributed by atoms with Crippen LogP contribution in [0.2, 0.25) is 0 Å². The van der Waals surface area contributed by atoms with Gasteiger partial charge in [-0.2, -0.15) is 0 Å². The summed E-state index contributed by atoms with van der Waals surface area (Å²) in [5, 5.41) is 28.2. The minimum absolute atomic E-state index is 0. The summed E-state index contributed by atoms with van der Waals surface area (Å²) in [5.74, 6) is -2.86. The van der Waals surface area contributed by atoms with Gasteiger partial charge >= 0.3 is 65.1 Å². The van der Waals surface area contributed by atoms with Gasteiger partial charge in [0.25, 0.3) is 6.47 Å². The molecule has 0 saturated heterocycles. The van der Waals surface area contributed by atoms with Crippen LogP contribution in [0.3, 0.4) is 0 Å². The summed E-state index contributed by atoms with van der Waals surface area (Å²) in [5.41, 5.74) is 4.08. The molecule has 0 unspecified atom stereocenters. The molecule has 0 aliphatic rings. The maximum Gasteiger partial charge on any atom is 1.00 e. The Morgan fingerprint density at radius 1 is 0.653 bits per heavy atom. The zero-order valence-corrected chi connectivity index (χ0v) is 34.3. The van der Waals surface area contributed by atoms with Crippen LogP contribution in [0.5, 0.6) is 0 Å². The average molecular weight is 711 g/mol. The van der Waals surface area contributed by atoms with E-state index >= 15 is 0 Å². The van der Waals surface area contributed by atoms with Gasteiger partial charge in [-0.3, -0.25) is 9.59 Å². The Morgan fingerprint density at radius 3 is 1.24 bits per heavy atom. The van der Waals surface area contributed by atoms with Crippen molar-refractivity contribution >= 4 is 18.4 Å². The second-order valence-corrected chi connectivity index (χ2v) is 11.6. The number of carbonyl (C=O) groups is 3. The van der Waals surface area contributed by atoms with Crippen LogP contribution in [0.15, 0.2) is 24.3 Å². The van der Waals surface area contributed by atoms with Crippen LogP contribution in [-0.4, -0.2) is 23.5 Å². The molecule has 0 aliphatic heterocycles. The van der Waals surface area contributed by atoms with Crippen molar-refractivity contribution in [2.24, 2.45) is 0 Å². The molecule has 0 bridgehead atoms. The van der Waals surface area contributed by atoms with Crippen molar-refractivity contribution in [3.8, 4) is 0 Å². The van der Waals surface area contributed by atoms with E-state index in [4.69, 9.17) is 15.2 Å². The van der Waals surface area contributed by atoms with Gasteiger partial charge in [0.05, 0.1) is 6.42 Å². The Hall–Kier alpha value is -1.33. The number of halogens is 2. The van der Waals surface area contributed by atoms with Gasteiger partial charge in [-0.15, -0.1) is 0 Å². The van der Waals surface area contributed by atoms with Crippen molar-refractivity contribution in [2.45, 2.75) is 151 Å². The minimum Gasteiger partial charge on any atom is -0.662 e. The average Bonchev–Trinajstić information content (AvgIpc) is 3.01. The Labute approximate surface area is 338 Å². The summed E-state index contributed by atoms with van der Waals surface area (Å²) in [6.45, 7) is 8.34. The minimum atomic E-state index is -1.22. The molecule has 0 fully saturated rings. The number of carboxylic acid groups (broad SMARTS) is 2. The molecule has 7 nitrogen and oxygen atoms in total. The third-order valence-corrected chi connectivity index (χ3v) is 7.52. The van der Waals surface area contributed by atoms with Crippen LogP contribution in [0.1, 0.15) is 146 Å². The number of hydrogen-bond donors (Lipinski definition) is 1. The van der Waals surface area contributed by atoms with E-state index in [0.717, 1.165) is 101 Å². The van der Waals surface area contributed by atoms with Crippen LogP contribution in [0.25, 0.3) is 0 Å². The van der Waals surface area contributed by atoms with E-state index in [0.29, 0.717) is 29.5 Å². The summed E-state index contributed by atoms with van der Waals surface area (Å²) < 4.78 is 28.7. The van der Waals surface area contributed by atoms with Crippen molar-refractivity contribution < 1.29 is 103 Å². The van der Waals surface area contributed by atoms with E-state index in [1.807, 2.05) is 12.1 Å². The number of rotatable bonds is 21. The van der Waals surface area contributed by atoms with Gasteiger partial charge in [0.2, 0.25) is 0 Å². The topological polar surface area (TPSA) is 127 Å². The van der Waals surface area contributed by atoms with Gasteiger partial charge in [-0.1, -0.05) is 111 Å². The molecule has 0 aromatic heterocycles. The van der Waals surface area contributed by atoms with Gasteiger partial charge in [0.15, 0.2) is 0 Å². The second kappa shape index (κ2) is 35.1. The van der Waals surface area contributed by atoms with Gasteiger partial charge in [-0.25, -0.2) is 8.78 Å². The van der Waals surface area contributed by atoms with Crippen LogP contribution in [0.4, 0.5) is 8.78 Å². The first-order valence-electron chi connectivity index (χ1n) is 16.8. The quantitative estimate of drug-likeness (QED) is 0.0686. The first-order chi connectivity index (χ1) is 22.1. The molecule has 0 saturated carbocycles. The van der Waals surface area contributed by atoms with Gasteiger partial charge in [0, 0.05) is 12.4 Å². The van der Waals surface area contributed by atoms with Crippen LogP contribution < -0.4 is 69.5 Å². The number of carbonyl (C=O) groups excluding carboxylic acids is 2. The monoisotopic (exact) mass is 710 g/mol. The molecular weight excluding hydrogens is 652 g/mol. The molecule has 2 rings (SSSR count). The summed E-state index contributed by atoms with van der Waals surface area (Å²) in [7, 11) is 0. The Bertz CT molecular complexity index is 1080. The normalized spacial score (nSPS) is 9.69. The largest absolute Gasteiger partial charge is 1.00 e. The molecule has 0 atom stereocenters. The zero-order chi connectivity index (χ0) is 34.7. The molecule has 0 aliphatic carbocycles. The molecular formula is C38H58F2Na2O7. The predicted octanol–water partition coefficient (Wildman–Crippen LogP) is 1.58. The van der Waals surface area contributed by atoms with E-state index in [-0.39, 0.29) is 103 Å². The summed E-state index contributed by atoms with van der Waals surface area (Å²) in [4.78, 5) is 32.9. The Kier molecular flexibility index (Phi) is 39.0. The smallest absolute Gasteiger partial charge is 0.662 e. The maximum atomic E-state index is 14.4. The third-order valence-electron chi connectivity index (χ3n) is 7.52. The van der Waals surface area contributed by atoms with E-state index < -0.39 is 11.9 Å². The van der Waals surface area contributed by atoms with Crippen LogP contribution in [-0.2, 0) is 57.8 Å². The zero-order valence-electron chi connectivity index (χ0n) is 30.3. The number of unbranched alkanes of at least 4 members (excludes halogenated alkanes) is 8. The maximum absolute atomic E-state index is 14.4. The SMILES string of the molecule is C.CCCCCc1cc(CCCCC)c(F)c(CC(=O)O)c1.CCCCCc1cc(CCCCC)c(F)c(CC(=O)[O-])c1.O=CO[O-].[Na+].[Na+].